The molecule has 2 aliphatic rings. The third-order valence-electron chi connectivity index (χ3n) is 4.96. The fourth-order valence-corrected chi connectivity index (χ4v) is 4.21. The second-order valence-corrected chi connectivity index (χ2v) is 7.85. The molecule has 0 saturated carbocycles. The van der Waals surface area contributed by atoms with Gasteiger partial charge in [0.15, 0.2) is 0 Å². The normalized spacial score (nSPS) is 25.4. The number of likely N-dealkylation sites (N-methyl/N-ethyl adjacent to an activating group) is 1. The van der Waals surface area contributed by atoms with Crippen molar-refractivity contribution in [1.82, 2.24) is 19.8 Å². The Labute approximate surface area is 140 Å². The molecule has 128 valence electrons. The van der Waals surface area contributed by atoms with E-state index in [9.17, 15) is 0 Å². The zero-order valence-electron chi connectivity index (χ0n) is 15.1. The van der Waals surface area contributed by atoms with Crippen molar-refractivity contribution in [3.63, 3.8) is 0 Å². The van der Waals surface area contributed by atoms with Gasteiger partial charge in [-0.25, -0.2) is 9.97 Å². The summed E-state index contributed by atoms with van der Waals surface area (Å²) in [5, 5.41) is 0. The van der Waals surface area contributed by atoms with Crippen molar-refractivity contribution in [2.45, 2.75) is 51.7 Å². The third-order valence-corrected chi connectivity index (χ3v) is 4.96. The number of hydrogen-bond donors (Lipinski definition) is 0. The van der Waals surface area contributed by atoms with Crippen LogP contribution < -0.4 is 4.90 Å². The summed E-state index contributed by atoms with van der Waals surface area (Å²) < 4.78 is 0. The van der Waals surface area contributed by atoms with Crippen molar-refractivity contribution in [3.05, 3.63) is 18.0 Å². The molecule has 1 aromatic rings. The van der Waals surface area contributed by atoms with Crippen LogP contribution in [-0.2, 0) is 6.54 Å². The Balaban J connectivity index is 1.67. The van der Waals surface area contributed by atoms with Crippen molar-refractivity contribution in [1.29, 1.82) is 0 Å². The first-order chi connectivity index (χ1) is 11.0. The van der Waals surface area contributed by atoms with E-state index >= 15 is 0 Å². The van der Waals surface area contributed by atoms with Crippen LogP contribution in [0.1, 0.15) is 38.7 Å². The number of likely N-dealkylation sites (tertiary alicyclic amines) is 1. The number of piperidine rings is 1. The molecular weight excluding hydrogens is 286 g/mol. The minimum atomic E-state index is 0.585. The summed E-state index contributed by atoms with van der Waals surface area (Å²) in [6.07, 6.45) is 7.92. The van der Waals surface area contributed by atoms with Crippen LogP contribution in [0.4, 0.5) is 5.95 Å². The molecule has 23 heavy (non-hydrogen) atoms. The molecule has 3 rings (SSSR count). The van der Waals surface area contributed by atoms with Crippen LogP contribution in [0, 0.1) is 5.92 Å². The Kier molecular flexibility index (Phi) is 5.17. The van der Waals surface area contributed by atoms with Crippen LogP contribution in [0.25, 0.3) is 0 Å². The van der Waals surface area contributed by atoms with E-state index in [1.807, 2.05) is 12.4 Å². The maximum Gasteiger partial charge on any atom is 0.225 e. The van der Waals surface area contributed by atoms with Crippen molar-refractivity contribution in [2.75, 3.05) is 38.6 Å². The average Bonchev–Trinajstić information content (AvgIpc) is 2.46. The fourth-order valence-electron chi connectivity index (χ4n) is 4.21. The highest BCUT2D eigenvalue weighted by Gasteiger charge is 2.37. The lowest BCUT2D eigenvalue weighted by molar-refractivity contribution is 0.182. The van der Waals surface area contributed by atoms with E-state index in [-0.39, 0.29) is 0 Å². The van der Waals surface area contributed by atoms with Gasteiger partial charge in [-0.05, 0) is 39.3 Å². The number of piperazine rings is 1. The second-order valence-electron chi connectivity index (χ2n) is 7.85. The van der Waals surface area contributed by atoms with E-state index < -0.39 is 0 Å². The van der Waals surface area contributed by atoms with Gasteiger partial charge < -0.3 is 14.7 Å². The smallest absolute Gasteiger partial charge is 0.225 e. The fraction of sp³-hybridized carbons (Fsp3) is 0.778. The van der Waals surface area contributed by atoms with E-state index in [4.69, 9.17) is 9.97 Å². The predicted molar refractivity (Wildman–Crippen MR) is 94.6 cm³/mol. The van der Waals surface area contributed by atoms with Gasteiger partial charge in [0.1, 0.15) is 0 Å². The molecular formula is C18H31N5. The van der Waals surface area contributed by atoms with Crippen LogP contribution in [0.15, 0.2) is 12.4 Å². The van der Waals surface area contributed by atoms with E-state index in [1.165, 1.54) is 24.8 Å². The maximum atomic E-state index is 4.71. The zero-order chi connectivity index (χ0) is 16.4. The molecule has 2 unspecified atom stereocenters. The quantitative estimate of drug-likeness (QED) is 0.832. The summed E-state index contributed by atoms with van der Waals surface area (Å²) in [6, 6.07) is 1.17. The van der Waals surface area contributed by atoms with Crippen molar-refractivity contribution < 1.29 is 0 Å². The molecule has 2 saturated heterocycles. The van der Waals surface area contributed by atoms with Crippen LogP contribution in [0.2, 0.25) is 0 Å². The lowest BCUT2D eigenvalue weighted by atomic mass is 9.92. The highest BCUT2D eigenvalue weighted by Crippen LogP contribution is 2.30. The van der Waals surface area contributed by atoms with Gasteiger partial charge in [0.25, 0.3) is 0 Å². The van der Waals surface area contributed by atoms with E-state index in [1.54, 1.807) is 0 Å². The van der Waals surface area contributed by atoms with Crippen LogP contribution >= 0.6 is 0 Å². The summed E-state index contributed by atoms with van der Waals surface area (Å²) in [5.74, 6) is 1.62. The molecule has 0 spiro atoms. The number of aromatic nitrogens is 2. The first-order valence-corrected chi connectivity index (χ1v) is 8.99. The molecule has 1 aromatic heterocycles. The van der Waals surface area contributed by atoms with E-state index in [0.717, 1.165) is 32.1 Å². The van der Waals surface area contributed by atoms with Gasteiger partial charge in [0, 0.05) is 56.2 Å². The lowest BCUT2D eigenvalue weighted by Crippen LogP contribution is -2.60. The topological polar surface area (TPSA) is 35.5 Å². The Morgan fingerprint density at radius 3 is 2.35 bits per heavy atom. The minimum absolute atomic E-state index is 0.585. The standard InChI is InChI=1S/C18H31N5/c1-14(2)10-21(3)11-15-8-19-18(20-9-15)23-16-6-5-7-17(23)13-22(4)12-16/h8-9,14,16-17H,5-7,10-13H2,1-4H3. The van der Waals surface area contributed by atoms with Crippen molar-refractivity contribution in [3.8, 4) is 0 Å². The number of anilines is 1. The molecule has 0 N–H and O–H groups in total. The van der Waals surface area contributed by atoms with Gasteiger partial charge >= 0.3 is 0 Å². The van der Waals surface area contributed by atoms with Gasteiger partial charge in [0.05, 0.1) is 0 Å². The molecule has 0 aromatic carbocycles. The SMILES string of the molecule is CC(C)CN(C)Cc1cnc(N2C3CCCC2CN(C)C3)nc1. The highest BCUT2D eigenvalue weighted by atomic mass is 15.4. The maximum absolute atomic E-state index is 4.71. The molecule has 0 amide bonds. The molecule has 2 bridgehead atoms. The van der Waals surface area contributed by atoms with Gasteiger partial charge in [-0.2, -0.15) is 0 Å². The van der Waals surface area contributed by atoms with Crippen LogP contribution in [0.3, 0.4) is 0 Å². The summed E-state index contributed by atoms with van der Waals surface area (Å²) in [5.41, 5.74) is 1.20. The Bertz CT molecular complexity index is 487. The zero-order valence-corrected chi connectivity index (χ0v) is 15.1. The Morgan fingerprint density at radius 2 is 1.78 bits per heavy atom. The molecule has 5 nitrogen and oxygen atoms in total. The average molecular weight is 317 g/mol. The number of rotatable bonds is 5. The first kappa shape index (κ1) is 16.7. The Hall–Kier alpha value is -1.20. The van der Waals surface area contributed by atoms with Crippen molar-refractivity contribution >= 4 is 5.95 Å². The summed E-state index contributed by atoms with van der Waals surface area (Å²) in [6.45, 7) is 8.81. The summed E-state index contributed by atoms with van der Waals surface area (Å²) >= 11 is 0. The number of nitrogens with zero attached hydrogens (tertiary/aromatic N) is 5. The second kappa shape index (κ2) is 7.14. The number of fused-ring (bicyclic) bond motifs is 2. The van der Waals surface area contributed by atoms with Crippen LogP contribution in [-0.4, -0.2) is 65.6 Å². The predicted octanol–water partition coefficient (Wildman–Crippen LogP) is 2.24. The van der Waals surface area contributed by atoms with E-state index in [0.29, 0.717) is 18.0 Å². The monoisotopic (exact) mass is 317 g/mol. The highest BCUT2D eigenvalue weighted by molar-refractivity contribution is 5.36. The van der Waals surface area contributed by atoms with Gasteiger partial charge in [-0.1, -0.05) is 13.8 Å². The first-order valence-electron chi connectivity index (χ1n) is 8.99. The minimum Gasteiger partial charge on any atom is -0.332 e. The molecule has 2 fully saturated rings. The molecule has 2 aliphatic heterocycles. The largest absolute Gasteiger partial charge is 0.332 e. The lowest BCUT2D eigenvalue weighted by Gasteiger charge is -2.49. The van der Waals surface area contributed by atoms with Gasteiger partial charge in [-0.15, -0.1) is 0 Å². The van der Waals surface area contributed by atoms with Crippen molar-refractivity contribution in [2.24, 2.45) is 5.92 Å². The molecule has 2 atom stereocenters. The molecule has 0 radical (unpaired) electrons. The Morgan fingerprint density at radius 1 is 1.17 bits per heavy atom. The summed E-state index contributed by atoms with van der Waals surface area (Å²) in [4.78, 5) is 16.7. The number of hydrogen-bond acceptors (Lipinski definition) is 5. The molecule has 3 heterocycles. The summed E-state index contributed by atoms with van der Waals surface area (Å²) in [7, 11) is 4.40. The molecule has 5 heteroatoms. The van der Waals surface area contributed by atoms with Crippen LogP contribution in [0.5, 0.6) is 0 Å². The molecule has 0 aliphatic carbocycles. The van der Waals surface area contributed by atoms with E-state index in [2.05, 4.69) is 42.6 Å². The van der Waals surface area contributed by atoms with Gasteiger partial charge in [-0.3, -0.25) is 0 Å². The third kappa shape index (κ3) is 4.01. The van der Waals surface area contributed by atoms with Gasteiger partial charge in [0.2, 0.25) is 5.95 Å².